The zero-order valence-corrected chi connectivity index (χ0v) is 17.2. The lowest BCUT2D eigenvalue weighted by atomic mass is 10.1. The van der Waals surface area contributed by atoms with Gasteiger partial charge in [0.1, 0.15) is 29.8 Å². The first kappa shape index (κ1) is 21.3. The normalized spacial score (nSPS) is 16.5. The van der Waals surface area contributed by atoms with Gasteiger partial charge in [0.2, 0.25) is 0 Å². The minimum Gasteiger partial charge on any atom is -0.490 e. The van der Waals surface area contributed by atoms with Crippen LogP contribution in [-0.4, -0.2) is 49.4 Å². The number of hydrogen-bond donors (Lipinski definition) is 1. The van der Waals surface area contributed by atoms with Gasteiger partial charge >= 0.3 is 5.97 Å². The van der Waals surface area contributed by atoms with Crippen LogP contribution in [0.2, 0.25) is 5.02 Å². The van der Waals surface area contributed by atoms with Crippen molar-refractivity contribution in [2.75, 3.05) is 20.3 Å². The molecule has 0 radical (unpaired) electrons. The van der Waals surface area contributed by atoms with Crippen LogP contribution in [0.4, 0.5) is 0 Å². The molecule has 0 bridgehead atoms. The molecule has 1 fully saturated rings. The highest BCUT2D eigenvalue weighted by atomic mass is 35.5. The molecule has 7 nitrogen and oxygen atoms in total. The summed E-state index contributed by atoms with van der Waals surface area (Å²) in [6.07, 6.45) is 0.0146. The number of benzene rings is 1. The topological polar surface area (TPSA) is 86.4 Å². The van der Waals surface area contributed by atoms with Crippen LogP contribution in [0.15, 0.2) is 12.1 Å². The Balaban J connectivity index is 2.28. The quantitative estimate of drug-likeness (QED) is 0.560. The Morgan fingerprint density at radius 2 is 1.85 bits per heavy atom. The molecule has 2 rings (SSSR count). The first-order valence-electron chi connectivity index (χ1n) is 8.65. The summed E-state index contributed by atoms with van der Waals surface area (Å²) >= 11 is 6.28. The summed E-state index contributed by atoms with van der Waals surface area (Å²) in [6.45, 7) is 9.43. The Hall–Kier alpha value is -1.99. The maximum Gasteiger partial charge on any atom is 0.350 e. The predicted molar refractivity (Wildman–Crippen MR) is 101 cm³/mol. The minimum atomic E-state index is -1.29. The molecule has 0 aliphatic carbocycles. The van der Waals surface area contributed by atoms with E-state index in [2.05, 4.69) is 5.32 Å². The second-order valence-corrected chi connectivity index (χ2v) is 8.15. The van der Waals surface area contributed by atoms with Crippen LogP contribution in [0, 0.1) is 0 Å². The lowest BCUT2D eigenvalue weighted by Gasteiger charge is -2.29. The molecular formula is C19H26ClNO6. The van der Waals surface area contributed by atoms with Crippen LogP contribution in [-0.2, 0) is 14.3 Å². The van der Waals surface area contributed by atoms with E-state index < -0.39 is 17.2 Å². The molecule has 1 heterocycles. The Bertz CT molecular complexity index is 722. The van der Waals surface area contributed by atoms with E-state index in [4.69, 9.17) is 30.5 Å². The van der Waals surface area contributed by atoms with Gasteiger partial charge in [-0.2, -0.15) is 0 Å². The number of halogens is 1. The van der Waals surface area contributed by atoms with Crippen molar-refractivity contribution in [3.63, 3.8) is 0 Å². The number of epoxide rings is 1. The van der Waals surface area contributed by atoms with E-state index >= 15 is 0 Å². The monoisotopic (exact) mass is 399 g/mol. The minimum absolute atomic E-state index is 0.0146. The lowest BCUT2D eigenvalue weighted by molar-refractivity contribution is -0.170. The second-order valence-electron chi connectivity index (χ2n) is 7.74. The van der Waals surface area contributed by atoms with E-state index in [1.54, 1.807) is 34.6 Å². The second kappa shape index (κ2) is 7.94. The molecule has 1 unspecified atom stereocenters. The number of rotatable bonds is 7. The Kier molecular flexibility index (Phi) is 6.27. The predicted octanol–water partition coefficient (Wildman–Crippen LogP) is 2.98. The van der Waals surface area contributed by atoms with Crippen molar-refractivity contribution in [3.8, 4) is 11.5 Å². The Labute approximate surface area is 164 Å². The van der Waals surface area contributed by atoms with Crippen LogP contribution in [0.25, 0.3) is 0 Å². The smallest absolute Gasteiger partial charge is 0.350 e. The van der Waals surface area contributed by atoms with E-state index in [1.165, 1.54) is 19.2 Å². The number of esters is 1. The molecule has 150 valence electrons. The molecule has 27 heavy (non-hydrogen) atoms. The SMILES string of the molecule is CNC(=O)c1cc(Cl)c(OC(C)(C)C(=O)OC(C)(C)C)cc1OCC1CO1. The highest BCUT2D eigenvalue weighted by Gasteiger charge is 2.36. The fraction of sp³-hybridized carbons (Fsp3) is 0.579. The first-order valence-corrected chi connectivity index (χ1v) is 9.03. The maximum atomic E-state index is 12.4. The van der Waals surface area contributed by atoms with Gasteiger partial charge in [0.25, 0.3) is 5.91 Å². The molecule has 1 aliphatic rings. The van der Waals surface area contributed by atoms with Gasteiger partial charge in [-0.25, -0.2) is 4.79 Å². The zero-order valence-electron chi connectivity index (χ0n) is 16.5. The molecule has 0 saturated carbocycles. The average Bonchev–Trinajstić information content (AvgIpc) is 3.36. The van der Waals surface area contributed by atoms with Gasteiger partial charge in [-0.1, -0.05) is 11.6 Å². The molecule has 1 N–H and O–H groups in total. The summed E-state index contributed by atoms with van der Waals surface area (Å²) in [5, 5.41) is 2.72. The molecule has 1 aromatic rings. The fourth-order valence-electron chi connectivity index (χ4n) is 2.11. The van der Waals surface area contributed by atoms with Crippen molar-refractivity contribution in [1.82, 2.24) is 5.32 Å². The molecular weight excluding hydrogens is 374 g/mol. The van der Waals surface area contributed by atoms with Crippen molar-refractivity contribution in [1.29, 1.82) is 0 Å². The molecule has 1 aromatic carbocycles. The highest BCUT2D eigenvalue weighted by molar-refractivity contribution is 6.32. The standard InChI is InChI=1S/C19H26ClNO6/c1-18(2,3)27-17(23)19(4,5)26-15-8-14(25-10-11-9-24-11)12(7-13(15)20)16(22)21-6/h7-8,11H,9-10H2,1-6H3,(H,21,22). The summed E-state index contributed by atoms with van der Waals surface area (Å²) in [6, 6.07) is 2.95. The van der Waals surface area contributed by atoms with Gasteiger partial charge in [0, 0.05) is 13.1 Å². The van der Waals surface area contributed by atoms with Crippen LogP contribution < -0.4 is 14.8 Å². The van der Waals surface area contributed by atoms with Gasteiger partial charge in [-0.3, -0.25) is 4.79 Å². The number of carbonyl (C=O) groups excluding carboxylic acids is 2. The summed E-state index contributed by atoms with van der Waals surface area (Å²) in [5.41, 5.74) is -1.67. The number of amides is 1. The molecule has 0 aromatic heterocycles. The highest BCUT2D eigenvalue weighted by Crippen LogP contribution is 2.36. The molecule has 8 heteroatoms. The Morgan fingerprint density at radius 3 is 2.37 bits per heavy atom. The van der Waals surface area contributed by atoms with Gasteiger partial charge < -0.3 is 24.3 Å². The van der Waals surface area contributed by atoms with E-state index in [9.17, 15) is 9.59 Å². The zero-order chi connectivity index (χ0) is 20.4. The summed E-state index contributed by atoms with van der Waals surface area (Å²) < 4.78 is 22.0. The third-order valence-electron chi connectivity index (χ3n) is 3.59. The van der Waals surface area contributed by atoms with E-state index in [0.717, 1.165) is 0 Å². The van der Waals surface area contributed by atoms with E-state index in [1.807, 2.05) is 0 Å². The number of ether oxygens (including phenoxy) is 4. The van der Waals surface area contributed by atoms with Crippen LogP contribution in [0.5, 0.6) is 11.5 Å². The number of hydrogen-bond acceptors (Lipinski definition) is 6. The van der Waals surface area contributed by atoms with Crippen molar-refractivity contribution in [3.05, 3.63) is 22.7 Å². The fourth-order valence-corrected chi connectivity index (χ4v) is 2.31. The van der Waals surface area contributed by atoms with Gasteiger partial charge in [-0.15, -0.1) is 0 Å². The van der Waals surface area contributed by atoms with E-state index in [-0.39, 0.29) is 28.3 Å². The summed E-state index contributed by atoms with van der Waals surface area (Å²) in [7, 11) is 1.51. The summed E-state index contributed by atoms with van der Waals surface area (Å²) in [5.74, 6) is -0.368. The average molecular weight is 400 g/mol. The molecule has 1 saturated heterocycles. The van der Waals surface area contributed by atoms with Crippen LogP contribution in [0.3, 0.4) is 0 Å². The van der Waals surface area contributed by atoms with Crippen molar-refractivity contribution in [2.45, 2.75) is 51.9 Å². The van der Waals surface area contributed by atoms with Crippen LogP contribution in [0.1, 0.15) is 45.0 Å². The largest absolute Gasteiger partial charge is 0.490 e. The summed E-state index contributed by atoms with van der Waals surface area (Å²) in [4.78, 5) is 24.5. The van der Waals surface area contributed by atoms with Crippen molar-refractivity contribution in [2.24, 2.45) is 0 Å². The lowest BCUT2D eigenvalue weighted by Crippen LogP contribution is -2.43. The third kappa shape index (κ3) is 6.01. The van der Waals surface area contributed by atoms with Gasteiger partial charge in [0.15, 0.2) is 5.60 Å². The third-order valence-corrected chi connectivity index (χ3v) is 3.88. The maximum absolute atomic E-state index is 12.4. The number of nitrogens with one attached hydrogen (secondary N) is 1. The Morgan fingerprint density at radius 1 is 1.22 bits per heavy atom. The molecule has 1 amide bonds. The van der Waals surface area contributed by atoms with Crippen molar-refractivity contribution < 1.29 is 28.5 Å². The van der Waals surface area contributed by atoms with Gasteiger partial charge in [-0.05, 0) is 40.7 Å². The number of carbonyl (C=O) groups is 2. The molecule has 0 spiro atoms. The molecule has 1 aliphatic heterocycles. The van der Waals surface area contributed by atoms with Gasteiger partial charge in [0.05, 0.1) is 17.2 Å². The molecule has 1 atom stereocenters. The van der Waals surface area contributed by atoms with E-state index in [0.29, 0.717) is 19.0 Å². The van der Waals surface area contributed by atoms with Crippen molar-refractivity contribution >= 4 is 23.5 Å². The van der Waals surface area contributed by atoms with Crippen LogP contribution >= 0.6 is 11.6 Å². The first-order chi connectivity index (χ1) is 12.4.